The average Bonchev–Trinajstić information content (AvgIpc) is 3.18. The second-order valence-electron chi connectivity index (χ2n) is 6.69. The Hall–Kier alpha value is -2.88. The van der Waals surface area contributed by atoms with Gasteiger partial charge in [-0.3, -0.25) is 14.2 Å². The van der Waals surface area contributed by atoms with Crippen LogP contribution in [0.4, 0.5) is 24.8 Å². The normalized spacial score (nSPS) is 14.3. The van der Waals surface area contributed by atoms with Gasteiger partial charge in [0, 0.05) is 26.3 Å². The molecular weight excluding hydrogens is 389 g/mol. The van der Waals surface area contributed by atoms with E-state index in [0.717, 1.165) is 18.9 Å². The Balaban J connectivity index is 1.88. The highest BCUT2D eigenvalue weighted by Crippen LogP contribution is 2.34. The predicted molar refractivity (Wildman–Crippen MR) is 101 cm³/mol. The number of nitrogens with zero attached hydrogens (tertiary/aromatic N) is 3. The monoisotopic (exact) mass is 410 g/mol. The molecule has 0 saturated carbocycles. The average molecular weight is 410 g/mol. The van der Waals surface area contributed by atoms with E-state index in [1.807, 2.05) is 4.90 Å². The number of para-hydroxylation sites is 1. The Morgan fingerprint density at radius 3 is 2.59 bits per heavy atom. The summed E-state index contributed by atoms with van der Waals surface area (Å²) >= 11 is 0. The number of rotatable bonds is 6. The molecule has 1 saturated heterocycles. The number of aromatic nitrogens is 2. The van der Waals surface area contributed by atoms with Crippen molar-refractivity contribution in [2.24, 2.45) is 0 Å². The highest BCUT2D eigenvalue weighted by molar-refractivity contribution is 5.91. The van der Waals surface area contributed by atoms with Crippen LogP contribution in [-0.4, -0.2) is 35.7 Å². The first-order valence-electron chi connectivity index (χ1n) is 9.10. The molecule has 156 valence electrons. The molecule has 1 amide bonds. The van der Waals surface area contributed by atoms with E-state index in [1.165, 1.54) is 35.9 Å². The molecule has 1 aromatic carbocycles. The molecule has 2 heterocycles. The zero-order valence-electron chi connectivity index (χ0n) is 15.8. The summed E-state index contributed by atoms with van der Waals surface area (Å²) < 4.78 is 45.6. The lowest BCUT2D eigenvalue weighted by Gasteiger charge is -2.22. The Morgan fingerprint density at radius 1 is 1.24 bits per heavy atom. The maximum atomic E-state index is 13.1. The minimum Gasteiger partial charge on any atom is -0.378 e. The van der Waals surface area contributed by atoms with Crippen molar-refractivity contribution in [2.75, 3.05) is 30.4 Å². The minimum absolute atomic E-state index is 0.141. The number of ether oxygens (including phenoxy) is 1. The van der Waals surface area contributed by atoms with Gasteiger partial charge in [0.2, 0.25) is 11.9 Å². The van der Waals surface area contributed by atoms with E-state index in [9.17, 15) is 22.8 Å². The van der Waals surface area contributed by atoms with Gasteiger partial charge >= 0.3 is 6.18 Å². The van der Waals surface area contributed by atoms with Crippen molar-refractivity contribution >= 4 is 17.5 Å². The molecule has 7 nitrogen and oxygen atoms in total. The number of methoxy groups -OCH3 is 1. The van der Waals surface area contributed by atoms with Crippen molar-refractivity contribution in [2.45, 2.75) is 32.2 Å². The van der Waals surface area contributed by atoms with Gasteiger partial charge in [0.15, 0.2) is 0 Å². The minimum atomic E-state index is -4.61. The second kappa shape index (κ2) is 8.64. The lowest BCUT2D eigenvalue weighted by Crippen LogP contribution is -2.35. The summed E-state index contributed by atoms with van der Waals surface area (Å²) in [6.07, 6.45) is -2.75. The van der Waals surface area contributed by atoms with Crippen molar-refractivity contribution in [3.8, 4) is 0 Å². The fourth-order valence-corrected chi connectivity index (χ4v) is 3.24. The Morgan fingerprint density at radius 2 is 1.93 bits per heavy atom. The van der Waals surface area contributed by atoms with Crippen LogP contribution in [0.15, 0.2) is 35.1 Å². The summed E-state index contributed by atoms with van der Waals surface area (Å²) in [5.74, 6) is -0.424. The number of carbonyl (C=O) groups is 1. The van der Waals surface area contributed by atoms with Crippen molar-refractivity contribution in [3.05, 3.63) is 51.9 Å². The quantitative estimate of drug-likeness (QED) is 0.793. The highest BCUT2D eigenvalue weighted by Gasteiger charge is 2.33. The summed E-state index contributed by atoms with van der Waals surface area (Å²) in [5.41, 5.74) is -1.34. The van der Waals surface area contributed by atoms with Gasteiger partial charge in [-0.25, -0.2) is 4.98 Å². The molecule has 0 spiro atoms. The number of amides is 1. The Kier molecular flexibility index (Phi) is 6.21. The molecule has 0 unspecified atom stereocenters. The van der Waals surface area contributed by atoms with Gasteiger partial charge in [-0.1, -0.05) is 12.1 Å². The van der Waals surface area contributed by atoms with Gasteiger partial charge in [-0.15, -0.1) is 0 Å². The first kappa shape index (κ1) is 20.8. The van der Waals surface area contributed by atoms with E-state index in [2.05, 4.69) is 10.3 Å². The van der Waals surface area contributed by atoms with Crippen molar-refractivity contribution in [1.82, 2.24) is 9.55 Å². The van der Waals surface area contributed by atoms with Crippen LogP contribution in [0.5, 0.6) is 0 Å². The predicted octanol–water partition coefficient (Wildman–Crippen LogP) is 2.65. The molecule has 0 aliphatic carbocycles. The van der Waals surface area contributed by atoms with Gasteiger partial charge in [0.1, 0.15) is 6.54 Å². The van der Waals surface area contributed by atoms with E-state index in [1.54, 1.807) is 0 Å². The molecule has 0 bridgehead atoms. The Labute approximate surface area is 165 Å². The summed E-state index contributed by atoms with van der Waals surface area (Å²) in [6.45, 7) is 1.06. The third-order valence-electron chi connectivity index (χ3n) is 4.53. The fourth-order valence-electron chi connectivity index (χ4n) is 3.24. The van der Waals surface area contributed by atoms with Crippen molar-refractivity contribution in [3.63, 3.8) is 0 Å². The standard InChI is InChI=1S/C19H21F3N4O3/c1-29-12-13-10-17(28)26(18(23-13)25-8-4-5-9-25)11-16(27)24-15-7-3-2-6-14(15)19(20,21)22/h2-3,6-7,10H,4-5,8-9,11-12H2,1H3,(H,24,27). The summed E-state index contributed by atoms with van der Waals surface area (Å²) in [4.78, 5) is 31.4. The zero-order chi connectivity index (χ0) is 21.0. The third kappa shape index (κ3) is 4.94. The van der Waals surface area contributed by atoms with Crippen LogP contribution in [0.1, 0.15) is 24.1 Å². The van der Waals surface area contributed by atoms with E-state index in [-0.39, 0.29) is 12.3 Å². The van der Waals surface area contributed by atoms with Crippen LogP contribution < -0.4 is 15.8 Å². The maximum absolute atomic E-state index is 13.1. The van der Waals surface area contributed by atoms with Crippen LogP contribution in [0.25, 0.3) is 0 Å². The summed E-state index contributed by atoms with van der Waals surface area (Å²) in [7, 11) is 1.48. The largest absolute Gasteiger partial charge is 0.418 e. The van der Waals surface area contributed by atoms with Crippen LogP contribution in [0.3, 0.4) is 0 Å². The SMILES string of the molecule is COCc1cc(=O)n(CC(=O)Nc2ccccc2C(F)(F)F)c(N2CCCC2)n1. The third-order valence-corrected chi connectivity index (χ3v) is 4.53. The molecular formula is C19H21F3N4O3. The lowest BCUT2D eigenvalue weighted by molar-refractivity contribution is -0.137. The number of anilines is 2. The number of carbonyl (C=O) groups excluding carboxylic acids is 1. The van der Waals surface area contributed by atoms with Gasteiger partial charge in [-0.2, -0.15) is 13.2 Å². The topological polar surface area (TPSA) is 76.5 Å². The molecule has 1 fully saturated rings. The number of hydrogen-bond donors (Lipinski definition) is 1. The van der Waals surface area contributed by atoms with Crippen LogP contribution in [0, 0.1) is 0 Å². The summed E-state index contributed by atoms with van der Waals surface area (Å²) in [6, 6.07) is 5.96. The van der Waals surface area contributed by atoms with E-state index in [4.69, 9.17) is 4.74 Å². The Bertz CT molecular complexity index is 937. The second-order valence-corrected chi connectivity index (χ2v) is 6.69. The molecule has 1 N–H and O–H groups in total. The van der Waals surface area contributed by atoms with E-state index in [0.29, 0.717) is 24.7 Å². The maximum Gasteiger partial charge on any atom is 0.418 e. The number of alkyl halides is 3. The first-order chi connectivity index (χ1) is 13.8. The molecule has 29 heavy (non-hydrogen) atoms. The number of nitrogens with one attached hydrogen (secondary N) is 1. The van der Waals surface area contributed by atoms with Gasteiger partial charge in [0.05, 0.1) is 23.6 Å². The molecule has 10 heteroatoms. The van der Waals surface area contributed by atoms with Gasteiger partial charge in [0.25, 0.3) is 5.56 Å². The molecule has 1 aliphatic rings. The zero-order valence-corrected chi connectivity index (χ0v) is 15.8. The van der Waals surface area contributed by atoms with E-state index < -0.39 is 29.8 Å². The van der Waals surface area contributed by atoms with Crippen LogP contribution in [0.2, 0.25) is 0 Å². The number of hydrogen-bond acceptors (Lipinski definition) is 5. The fraction of sp³-hybridized carbons (Fsp3) is 0.421. The highest BCUT2D eigenvalue weighted by atomic mass is 19.4. The molecule has 1 aliphatic heterocycles. The molecule has 0 atom stereocenters. The molecule has 1 aromatic heterocycles. The van der Waals surface area contributed by atoms with Crippen molar-refractivity contribution < 1.29 is 22.7 Å². The molecule has 3 rings (SSSR count). The van der Waals surface area contributed by atoms with E-state index >= 15 is 0 Å². The van der Waals surface area contributed by atoms with Crippen LogP contribution >= 0.6 is 0 Å². The van der Waals surface area contributed by atoms with Crippen molar-refractivity contribution in [1.29, 1.82) is 0 Å². The lowest BCUT2D eigenvalue weighted by atomic mass is 10.1. The molecule has 2 aromatic rings. The number of benzene rings is 1. The van der Waals surface area contributed by atoms with Crippen LogP contribution in [-0.2, 0) is 28.9 Å². The number of halogens is 3. The first-order valence-corrected chi connectivity index (χ1v) is 9.10. The smallest absolute Gasteiger partial charge is 0.378 e. The van der Waals surface area contributed by atoms with Gasteiger partial charge in [-0.05, 0) is 25.0 Å². The molecule has 0 radical (unpaired) electrons. The summed E-state index contributed by atoms with van der Waals surface area (Å²) in [5, 5.41) is 2.26. The van der Waals surface area contributed by atoms with Gasteiger partial charge < -0.3 is 15.0 Å².